The van der Waals surface area contributed by atoms with Crippen molar-refractivity contribution in [2.24, 2.45) is 29.6 Å². The quantitative estimate of drug-likeness (QED) is 0.581. The van der Waals surface area contributed by atoms with Crippen molar-refractivity contribution in [2.75, 3.05) is 0 Å². The van der Waals surface area contributed by atoms with Gasteiger partial charge >= 0.3 is 6.18 Å². The molecular formula is C26H32F3NO2. The second-order valence-corrected chi connectivity index (χ2v) is 9.58. The minimum atomic E-state index is -4.36. The zero-order chi connectivity index (χ0) is 23.0. The SMILES string of the molecule is CC[C@H]1[C@H](CCc2ccc(-c3cccc(C(F)(F)F)c3)cn2)[C@@H]2[C@@H](C)OC(O)[C@@H]2C[C@@H]1C. The van der Waals surface area contributed by atoms with Crippen molar-refractivity contribution in [3.8, 4) is 11.1 Å². The van der Waals surface area contributed by atoms with Gasteiger partial charge < -0.3 is 9.84 Å². The highest BCUT2D eigenvalue weighted by molar-refractivity contribution is 5.63. The molecule has 7 atom stereocenters. The number of aliphatic hydroxyl groups excluding tert-OH is 1. The molecule has 174 valence electrons. The molecular weight excluding hydrogens is 415 g/mol. The molecule has 1 saturated carbocycles. The predicted octanol–water partition coefficient (Wildman–Crippen LogP) is 6.35. The first-order valence-electron chi connectivity index (χ1n) is 11.6. The van der Waals surface area contributed by atoms with Crippen LogP contribution in [0.15, 0.2) is 42.6 Å². The normalized spacial score (nSPS) is 32.7. The predicted molar refractivity (Wildman–Crippen MR) is 118 cm³/mol. The standard InChI is InChI=1S/C26H32F3NO2/c1-4-21-15(2)12-23-24(16(3)32-25(23)31)22(21)11-10-20-9-8-18(14-30-20)17-6-5-7-19(13-17)26(27,28)29/h5-9,13-16,21-25,31H,4,10-12H2,1-3H3/t15-,16+,21+,22-,23+,24-,25?/m0/s1. The molecule has 3 nitrogen and oxygen atoms in total. The van der Waals surface area contributed by atoms with E-state index in [4.69, 9.17) is 4.74 Å². The van der Waals surface area contributed by atoms with Crippen LogP contribution in [0.2, 0.25) is 0 Å². The lowest BCUT2D eigenvalue weighted by Crippen LogP contribution is -2.42. The molecule has 6 heteroatoms. The number of nitrogens with zero attached hydrogens (tertiary/aromatic N) is 1. The lowest BCUT2D eigenvalue weighted by Gasteiger charge is -2.44. The van der Waals surface area contributed by atoms with Crippen LogP contribution in [0.25, 0.3) is 11.1 Å². The van der Waals surface area contributed by atoms with E-state index in [1.54, 1.807) is 12.3 Å². The number of benzene rings is 1. The van der Waals surface area contributed by atoms with Crippen LogP contribution in [0.1, 0.15) is 51.3 Å². The van der Waals surface area contributed by atoms with E-state index in [0.29, 0.717) is 34.8 Å². The number of fused-ring (bicyclic) bond motifs is 1. The second kappa shape index (κ2) is 9.14. The van der Waals surface area contributed by atoms with Crippen molar-refractivity contribution < 1.29 is 23.0 Å². The molecule has 2 aromatic rings. The Morgan fingerprint density at radius 1 is 1.09 bits per heavy atom. The average molecular weight is 448 g/mol. The number of hydrogen-bond acceptors (Lipinski definition) is 3. The lowest BCUT2D eigenvalue weighted by atomic mass is 9.59. The molecule has 0 amide bonds. The first-order valence-corrected chi connectivity index (χ1v) is 11.6. The summed E-state index contributed by atoms with van der Waals surface area (Å²) < 4.78 is 44.8. The second-order valence-electron chi connectivity index (χ2n) is 9.58. The molecule has 2 aliphatic rings. The molecule has 1 unspecified atom stereocenters. The van der Waals surface area contributed by atoms with Gasteiger partial charge in [-0.2, -0.15) is 13.2 Å². The summed E-state index contributed by atoms with van der Waals surface area (Å²) in [5, 5.41) is 10.4. The molecule has 1 aliphatic heterocycles. The largest absolute Gasteiger partial charge is 0.416 e. The summed E-state index contributed by atoms with van der Waals surface area (Å²) in [4.78, 5) is 4.56. The van der Waals surface area contributed by atoms with Crippen molar-refractivity contribution in [3.05, 3.63) is 53.9 Å². The topological polar surface area (TPSA) is 42.4 Å². The van der Waals surface area contributed by atoms with Crippen molar-refractivity contribution in [3.63, 3.8) is 0 Å². The van der Waals surface area contributed by atoms with Gasteiger partial charge in [0.05, 0.1) is 11.7 Å². The highest BCUT2D eigenvalue weighted by Crippen LogP contribution is 2.52. The average Bonchev–Trinajstić information content (AvgIpc) is 3.04. The van der Waals surface area contributed by atoms with Crippen LogP contribution in [0.3, 0.4) is 0 Å². The van der Waals surface area contributed by atoms with Gasteiger partial charge in [-0.25, -0.2) is 0 Å². The molecule has 1 aliphatic carbocycles. The van der Waals surface area contributed by atoms with E-state index < -0.39 is 18.0 Å². The molecule has 0 bridgehead atoms. The number of alkyl halides is 3. The number of aromatic nitrogens is 1. The lowest BCUT2D eigenvalue weighted by molar-refractivity contribution is -0.137. The Hall–Kier alpha value is -1.92. The highest BCUT2D eigenvalue weighted by Gasteiger charge is 2.51. The fourth-order valence-corrected chi connectivity index (χ4v) is 6.24. The molecule has 2 heterocycles. The van der Waals surface area contributed by atoms with Crippen LogP contribution in [0, 0.1) is 29.6 Å². The molecule has 1 aromatic heterocycles. The van der Waals surface area contributed by atoms with E-state index in [-0.39, 0.29) is 12.0 Å². The monoisotopic (exact) mass is 447 g/mol. The van der Waals surface area contributed by atoms with Gasteiger partial charge in [0.25, 0.3) is 0 Å². The third-order valence-corrected chi connectivity index (χ3v) is 7.73. The maximum absolute atomic E-state index is 13.0. The number of pyridine rings is 1. The van der Waals surface area contributed by atoms with Crippen molar-refractivity contribution in [2.45, 2.75) is 65.0 Å². The van der Waals surface area contributed by atoms with Gasteiger partial charge in [-0.1, -0.05) is 38.5 Å². The zero-order valence-electron chi connectivity index (χ0n) is 18.8. The van der Waals surface area contributed by atoms with E-state index in [2.05, 4.69) is 25.8 Å². The maximum atomic E-state index is 13.0. The van der Waals surface area contributed by atoms with E-state index >= 15 is 0 Å². The number of aryl methyl sites for hydroxylation is 1. The summed E-state index contributed by atoms with van der Waals surface area (Å²) in [6.07, 6.45) is 0.598. The summed E-state index contributed by atoms with van der Waals surface area (Å²) in [6.45, 7) is 6.61. The van der Waals surface area contributed by atoms with Gasteiger partial charge in [0, 0.05) is 23.4 Å². The Morgan fingerprint density at radius 2 is 1.88 bits per heavy atom. The number of rotatable bonds is 5. The summed E-state index contributed by atoms with van der Waals surface area (Å²) in [5.41, 5.74) is 1.48. The third-order valence-electron chi connectivity index (χ3n) is 7.73. The van der Waals surface area contributed by atoms with Gasteiger partial charge in [-0.05, 0) is 73.6 Å². The highest BCUT2D eigenvalue weighted by atomic mass is 19.4. The fraction of sp³-hybridized carbons (Fsp3) is 0.577. The van der Waals surface area contributed by atoms with Gasteiger partial charge in [0.2, 0.25) is 0 Å². The molecule has 0 radical (unpaired) electrons. The molecule has 1 saturated heterocycles. The first kappa shape index (κ1) is 23.2. The summed E-state index contributed by atoms with van der Waals surface area (Å²) in [7, 11) is 0. The summed E-state index contributed by atoms with van der Waals surface area (Å²) >= 11 is 0. The Morgan fingerprint density at radius 3 is 2.53 bits per heavy atom. The zero-order valence-corrected chi connectivity index (χ0v) is 18.8. The fourth-order valence-electron chi connectivity index (χ4n) is 6.24. The van der Waals surface area contributed by atoms with Gasteiger partial charge in [0.15, 0.2) is 6.29 Å². The third kappa shape index (κ3) is 4.58. The molecule has 1 N–H and O–H groups in total. The minimum absolute atomic E-state index is 0.0535. The van der Waals surface area contributed by atoms with Crippen LogP contribution in [-0.4, -0.2) is 22.5 Å². The van der Waals surface area contributed by atoms with Crippen LogP contribution in [-0.2, 0) is 17.3 Å². The molecule has 0 spiro atoms. The van der Waals surface area contributed by atoms with E-state index in [1.807, 2.05) is 12.1 Å². The Bertz CT molecular complexity index is 914. The van der Waals surface area contributed by atoms with E-state index in [0.717, 1.165) is 37.4 Å². The van der Waals surface area contributed by atoms with Gasteiger partial charge in [-0.15, -0.1) is 0 Å². The smallest absolute Gasteiger partial charge is 0.368 e. The Balaban J connectivity index is 1.48. The first-order chi connectivity index (χ1) is 15.2. The van der Waals surface area contributed by atoms with Crippen molar-refractivity contribution in [1.29, 1.82) is 0 Å². The van der Waals surface area contributed by atoms with Gasteiger partial charge in [0.1, 0.15) is 0 Å². The van der Waals surface area contributed by atoms with E-state index in [1.165, 1.54) is 12.1 Å². The Kier molecular flexibility index (Phi) is 6.64. The Labute approximate surface area is 188 Å². The molecule has 1 aromatic carbocycles. The molecule has 4 rings (SSSR count). The van der Waals surface area contributed by atoms with Gasteiger partial charge in [-0.3, -0.25) is 4.98 Å². The summed E-state index contributed by atoms with van der Waals surface area (Å²) in [5.74, 6) is 2.16. The van der Waals surface area contributed by atoms with Crippen LogP contribution in [0.5, 0.6) is 0 Å². The number of halogens is 3. The number of aliphatic hydroxyl groups is 1. The molecule has 2 fully saturated rings. The minimum Gasteiger partial charge on any atom is -0.368 e. The van der Waals surface area contributed by atoms with Crippen molar-refractivity contribution in [1.82, 2.24) is 4.98 Å². The van der Waals surface area contributed by atoms with Crippen LogP contribution in [0.4, 0.5) is 13.2 Å². The number of ether oxygens (including phenoxy) is 1. The maximum Gasteiger partial charge on any atom is 0.416 e. The van der Waals surface area contributed by atoms with Crippen molar-refractivity contribution >= 4 is 0 Å². The van der Waals surface area contributed by atoms with E-state index in [9.17, 15) is 18.3 Å². The summed E-state index contributed by atoms with van der Waals surface area (Å²) in [6, 6.07) is 9.12. The molecule has 32 heavy (non-hydrogen) atoms. The van der Waals surface area contributed by atoms with Crippen LogP contribution < -0.4 is 0 Å². The number of hydrogen-bond donors (Lipinski definition) is 1. The van der Waals surface area contributed by atoms with Crippen LogP contribution >= 0.6 is 0 Å².